The molecule has 0 saturated carbocycles. The summed E-state index contributed by atoms with van der Waals surface area (Å²) in [5.41, 5.74) is 11.1. The molecule has 17 heavy (non-hydrogen) atoms. The van der Waals surface area contributed by atoms with Crippen molar-refractivity contribution in [2.24, 2.45) is 11.5 Å². The molecule has 1 aromatic rings. The van der Waals surface area contributed by atoms with Crippen LogP contribution in [0.4, 0.5) is 5.82 Å². The SMILES string of the molecule is CCCOc1cncc(N(CCN)CCN)n1. The number of rotatable bonds is 8. The predicted octanol–water partition coefficient (Wildman–Crippen LogP) is -0.0108. The number of anilines is 1. The van der Waals surface area contributed by atoms with E-state index in [-0.39, 0.29) is 0 Å². The average Bonchev–Trinajstić information content (AvgIpc) is 2.36. The summed E-state index contributed by atoms with van der Waals surface area (Å²) in [6.45, 7) is 5.23. The summed E-state index contributed by atoms with van der Waals surface area (Å²) in [6.07, 6.45) is 4.26. The Labute approximate surface area is 102 Å². The quantitative estimate of drug-likeness (QED) is 0.663. The van der Waals surface area contributed by atoms with Gasteiger partial charge in [-0.3, -0.25) is 4.98 Å². The van der Waals surface area contributed by atoms with Crippen molar-refractivity contribution in [3.63, 3.8) is 0 Å². The van der Waals surface area contributed by atoms with Crippen LogP contribution in [-0.2, 0) is 0 Å². The minimum absolute atomic E-state index is 0.545. The van der Waals surface area contributed by atoms with E-state index in [1.54, 1.807) is 12.4 Å². The topological polar surface area (TPSA) is 90.3 Å². The van der Waals surface area contributed by atoms with Crippen LogP contribution in [0.5, 0.6) is 5.88 Å². The molecule has 0 fully saturated rings. The van der Waals surface area contributed by atoms with E-state index in [0.717, 1.165) is 12.2 Å². The third kappa shape index (κ3) is 4.54. The molecular weight excluding hydrogens is 218 g/mol. The maximum atomic E-state index is 5.55. The molecule has 0 unspecified atom stereocenters. The van der Waals surface area contributed by atoms with E-state index in [4.69, 9.17) is 16.2 Å². The predicted molar refractivity (Wildman–Crippen MR) is 68.1 cm³/mol. The van der Waals surface area contributed by atoms with E-state index >= 15 is 0 Å². The number of aromatic nitrogens is 2. The van der Waals surface area contributed by atoms with Crippen LogP contribution >= 0.6 is 0 Å². The lowest BCUT2D eigenvalue weighted by Crippen LogP contribution is -2.34. The summed E-state index contributed by atoms with van der Waals surface area (Å²) < 4.78 is 5.44. The van der Waals surface area contributed by atoms with Crippen molar-refractivity contribution >= 4 is 5.82 Å². The highest BCUT2D eigenvalue weighted by molar-refractivity contribution is 5.37. The van der Waals surface area contributed by atoms with Crippen LogP contribution < -0.4 is 21.1 Å². The molecule has 0 spiro atoms. The van der Waals surface area contributed by atoms with Crippen LogP contribution in [-0.4, -0.2) is 42.8 Å². The normalized spacial score (nSPS) is 10.3. The van der Waals surface area contributed by atoms with Crippen LogP contribution in [0.3, 0.4) is 0 Å². The van der Waals surface area contributed by atoms with Gasteiger partial charge in [0.25, 0.3) is 0 Å². The van der Waals surface area contributed by atoms with Crippen molar-refractivity contribution in [2.75, 3.05) is 37.7 Å². The summed E-state index contributed by atoms with van der Waals surface area (Å²) in [7, 11) is 0. The molecule has 4 N–H and O–H groups in total. The summed E-state index contributed by atoms with van der Waals surface area (Å²) in [4.78, 5) is 10.5. The van der Waals surface area contributed by atoms with Gasteiger partial charge >= 0.3 is 0 Å². The highest BCUT2D eigenvalue weighted by atomic mass is 16.5. The Bertz CT molecular complexity index is 314. The third-order valence-electron chi connectivity index (χ3n) is 2.18. The number of nitrogens with zero attached hydrogens (tertiary/aromatic N) is 3. The molecule has 0 aliphatic heterocycles. The van der Waals surface area contributed by atoms with Gasteiger partial charge in [-0.1, -0.05) is 6.92 Å². The standard InChI is InChI=1S/C11H21N5O/c1-2-7-17-11-9-14-8-10(15-11)16(5-3-12)6-4-13/h8-9H,2-7,12-13H2,1H3. The molecule has 1 heterocycles. The van der Waals surface area contributed by atoms with Crippen molar-refractivity contribution in [1.29, 1.82) is 0 Å². The van der Waals surface area contributed by atoms with Crippen molar-refractivity contribution in [2.45, 2.75) is 13.3 Å². The van der Waals surface area contributed by atoms with Crippen LogP contribution in [0.2, 0.25) is 0 Å². The fourth-order valence-electron chi connectivity index (χ4n) is 1.42. The van der Waals surface area contributed by atoms with Gasteiger partial charge < -0.3 is 21.1 Å². The Kier molecular flexibility index (Phi) is 6.27. The second kappa shape index (κ2) is 7.81. The van der Waals surface area contributed by atoms with Gasteiger partial charge in [-0.15, -0.1) is 0 Å². The lowest BCUT2D eigenvalue weighted by atomic mass is 10.4. The smallest absolute Gasteiger partial charge is 0.234 e. The van der Waals surface area contributed by atoms with Gasteiger partial charge in [0.05, 0.1) is 19.0 Å². The first kappa shape index (κ1) is 13.7. The molecule has 0 radical (unpaired) electrons. The van der Waals surface area contributed by atoms with Crippen molar-refractivity contribution in [3.8, 4) is 5.88 Å². The van der Waals surface area contributed by atoms with Crippen LogP contribution in [0.15, 0.2) is 12.4 Å². The van der Waals surface area contributed by atoms with Gasteiger partial charge in [0, 0.05) is 26.2 Å². The van der Waals surface area contributed by atoms with Gasteiger partial charge in [-0.2, -0.15) is 4.98 Å². The highest BCUT2D eigenvalue weighted by Crippen LogP contribution is 2.13. The van der Waals surface area contributed by atoms with E-state index in [1.807, 2.05) is 11.8 Å². The molecule has 0 aliphatic carbocycles. The molecule has 0 atom stereocenters. The lowest BCUT2D eigenvalue weighted by Gasteiger charge is -2.22. The maximum absolute atomic E-state index is 5.55. The van der Waals surface area contributed by atoms with Gasteiger partial charge in [0.15, 0.2) is 5.82 Å². The monoisotopic (exact) mass is 239 g/mol. The Morgan fingerprint density at radius 2 is 1.94 bits per heavy atom. The first-order valence-electron chi connectivity index (χ1n) is 5.91. The van der Waals surface area contributed by atoms with Gasteiger partial charge in [-0.05, 0) is 6.42 Å². The maximum Gasteiger partial charge on any atom is 0.234 e. The van der Waals surface area contributed by atoms with E-state index in [2.05, 4.69) is 9.97 Å². The first-order valence-corrected chi connectivity index (χ1v) is 5.91. The Hall–Kier alpha value is -1.40. The van der Waals surface area contributed by atoms with E-state index < -0.39 is 0 Å². The van der Waals surface area contributed by atoms with Gasteiger partial charge in [-0.25, -0.2) is 0 Å². The van der Waals surface area contributed by atoms with Gasteiger partial charge in [0.1, 0.15) is 0 Å². The second-order valence-electron chi connectivity index (χ2n) is 3.63. The lowest BCUT2D eigenvalue weighted by molar-refractivity contribution is 0.304. The second-order valence-corrected chi connectivity index (χ2v) is 3.63. The molecule has 0 aromatic carbocycles. The molecule has 0 amide bonds. The highest BCUT2D eigenvalue weighted by Gasteiger charge is 2.07. The molecule has 6 heteroatoms. The minimum Gasteiger partial charge on any atom is -0.477 e. The number of hydrogen-bond donors (Lipinski definition) is 2. The van der Waals surface area contributed by atoms with E-state index in [1.165, 1.54) is 0 Å². The third-order valence-corrected chi connectivity index (χ3v) is 2.18. The zero-order chi connectivity index (χ0) is 12.5. The fourth-order valence-corrected chi connectivity index (χ4v) is 1.42. The van der Waals surface area contributed by atoms with Crippen molar-refractivity contribution < 1.29 is 4.74 Å². The molecule has 1 aromatic heterocycles. The van der Waals surface area contributed by atoms with Gasteiger partial charge in [0.2, 0.25) is 5.88 Å². The van der Waals surface area contributed by atoms with E-state index in [0.29, 0.717) is 38.7 Å². The Balaban J connectivity index is 2.72. The molecule has 0 saturated heterocycles. The molecule has 6 nitrogen and oxygen atoms in total. The van der Waals surface area contributed by atoms with Crippen LogP contribution in [0.1, 0.15) is 13.3 Å². The summed E-state index contributed by atoms with van der Waals surface area (Å²) in [5, 5.41) is 0. The summed E-state index contributed by atoms with van der Waals surface area (Å²) in [6, 6.07) is 0. The number of ether oxygens (including phenoxy) is 1. The zero-order valence-corrected chi connectivity index (χ0v) is 10.3. The molecule has 0 bridgehead atoms. The minimum atomic E-state index is 0.545. The zero-order valence-electron chi connectivity index (χ0n) is 10.3. The fraction of sp³-hybridized carbons (Fsp3) is 0.636. The summed E-state index contributed by atoms with van der Waals surface area (Å²) in [5.74, 6) is 1.30. The molecule has 96 valence electrons. The average molecular weight is 239 g/mol. The largest absolute Gasteiger partial charge is 0.477 e. The van der Waals surface area contributed by atoms with Crippen LogP contribution in [0.25, 0.3) is 0 Å². The van der Waals surface area contributed by atoms with Crippen LogP contribution in [0, 0.1) is 0 Å². The molecular formula is C11H21N5O. The number of nitrogens with two attached hydrogens (primary N) is 2. The van der Waals surface area contributed by atoms with Crippen molar-refractivity contribution in [3.05, 3.63) is 12.4 Å². The Morgan fingerprint density at radius 1 is 1.24 bits per heavy atom. The summed E-state index contributed by atoms with van der Waals surface area (Å²) >= 11 is 0. The molecule has 1 rings (SSSR count). The Morgan fingerprint density at radius 3 is 2.53 bits per heavy atom. The molecule has 0 aliphatic rings. The first-order chi connectivity index (χ1) is 8.31. The van der Waals surface area contributed by atoms with Crippen molar-refractivity contribution in [1.82, 2.24) is 9.97 Å². The number of hydrogen-bond acceptors (Lipinski definition) is 6. The van der Waals surface area contributed by atoms with E-state index in [9.17, 15) is 0 Å².